The number of amides is 2. The lowest BCUT2D eigenvalue weighted by Crippen LogP contribution is -2.36. The first kappa shape index (κ1) is 21.3. The Morgan fingerprint density at radius 1 is 1.03 bits per heavy atom. The van der Waals surface area contributed by atoms with Gasteiger partial charge in [-0.05, 0) is 44.0 Å². The van der Waals surface area contributed by atoms with Gasteiger partial charge in [0, 0.05) is 24.0 Å². The van der Waals surface area contributed by atoms with Crippen LogP contribution >= 0.6 is 0 Å². The van der Waals surface area contributed by atoms with E-state index in [1.165, 1.54) is 4.90 Å². The standard InChI is InChI=1S/C24H28N4O2/c1-5-19-11-9-10-14-22(19)25-23(29)16-27(4)24(30)15-21-17(2)26-28(18(21)3)20-12-7-6-8-13-20/h6-14H,5,15-16H2,1-4H3,(H,25,29). The number of carbonyl (C=O) groups is 2. The smallest absolute Gasteiger partial charge is 0.243 e. The molecule has 2 aromatic carbocycles. The molecule has 6 nitrogen and oxygen atoms in total. The topological polar surface area (TPSA) is 67.2 Å². The van der Waals surface area contributed by atoms with Crippen LogP contribution < -0.4 is 5.32 Å². The van der Waals surface area contributed by atoms with Crippen LogP contribution in [0.1, 0.15) is 29.4 Å². The summed E-state index contributed by atoms with van der Waals surface area (Å²) in [4.78, 5) is 26.7. The number of rotatable bonds is 7. The molecule has 156 valence electrons. The Morgan fingerprint density at radius 2 is 1.70 bits per heavy atom. The molecule has 1 N–H and O–H groups in total. The second-order valence-corrected chi connectivity index (χ2v) is 7.38. The molecule has 0 atom stereocenters. The van der Waals surface area contributed by atoms with E-state index in [2.05, 4.69) is 10.4 Å². The average Bonchev–Trinajstić information content (AvgIpc) is 3.02. The van der Waals surface area contributed by atoms with Crippen molar-refractivity contribution in [3.8, 4) is 5.69 Å². The van der Waals surface area contributed by atoms with Crippen LogP contribution in [-0.4, -0.2) is 40.1 Å². The molecule has 2 amide bonds. The summed E-state index contributed by atoms with van der Waals surface area (Å²) in [7, 11) is 1.65. The van der Waals surface area contributed by atoms with Crippen molar-refractivity contribution in [3.63, 3.8) is 0 Å². The number of hydrogen-bond acceptors (Lipinski definition) is 3. The van der Waals surface area contributed by atoms with Crippen molar-refractivity contribution >= 4 is 17.5 Å². The fraction of sp³-hybridized carbons (Fsp3) is 0.292. The van der Waals surface area contributed by atoms with E-state index in [-0.39, 0.29) is 24.8 Å². The van der Waals surface area contributed by atoms with E-state index in [0.29, 0.717) is 0 Å². The lowest BCUT2D eigenvalue weighted by Gasteiger charge is -2.18. The zero-order valence-electron chi connectivity index (χ0n) is 18.0. The zero-order valence-corrected chi connectivity index (χ0v) is 18.0. The van der Waals surface area contributed by atoms with Crippen molar-refractivity contribution in [2.45, 2.75) is 33.6 Å². The molecule has 0 spiro atoms. The lowest BCUT2D eigenvalue weighted by molar-refractivity contribution is -0.132. The minimum Gasteiger partial charge on any atom is -0.336 e. The quantitative estimate of drug-likeness (QED) is 0.653. The fourth-order valence-corrected chi connectivity index (χ4v) is 3.48. The largest absolute Gasteiger partial charge is 0.336 e. The lowest BCUT2D eigenvalue weighted by atomic mass is 10.1. The summed E-state index contributed by atoms with van der Waals surface area (Å²) in [5.74, 6) is -0.326. The van der Waals surface area contributed by atoms with Gasteiger partial charge in [-0.3, -0.25) is 9.59 Å². The minimum atomic E-state index is -0.208. The van der Waals surface area contributed by atoms with Crippen molar-refractivity contribution in [3.05, 3.63) is 77.1 Å². The zero-order chi connectivity index (χ0) is 21.7. The molecule has 0 saturated carbocycles. The van der Waals surface area contributed by atoms with Crippen LogP contribution in [-0.2, 0) is 22.4 Å². The molecular formula is C24H28N4O2. The van der Waals surface area contributed by atoms with Crippen molar-refractivity contribution in [2.75, 3.05) is 18.9 Å². The summed E-state index contributed by atoms with van der Waals surface area (Å²) < 4.78 is 1.85. The molecule has 1 aromatic heterocycles. The van der Waals surface area contributed by atoms with Crippen molar-refractivity contribution in [1.82, 2.24) is 14.7 Å². The van der Waals surface area contributed by atoms with E-state index in [4.69, 9.17) is 0 Å². The van der Waals surface area contributed by atoms with E-state index >= 15 is 0 Å². The number of anilines is 1. The van der Waals surface area contributed by atoms with Gasteiger partial charge in [-0.25, -0.2) is 4.68 Å². The molecule has 30 heavy (non-hydrogen) atoms. The van der Waals surface area contributed by atoms with Crippen LogP contribution in [0.4, 0.5) is 5.69 Å². The third-order valence-corrected chi connectivity index (χ3v) is 5.25. The van der Waals surface area contributed by atoms with Crippen LogP contribution in [0.5, 0.6) is 0 Å². The molecular weight excluding hydrogens is 376 g/mol. The molecule has 0 aliphatic rings. The normalized spacial score (nSPS) is 10.7. The Balaban J connectivity index is 1.66. The Kier molecular flexibility index (Phi) is 6.67. The molecule has 0 fully saturated rings. The van der Waals surface area contributed by atoms with Crippen molar-refractivity contribution < 1.29 is 9.59 Å². The van der Waals surface area contributed by atoms with Crippen molar-refractivity contribution in [1.29, 1.82) is 0 Å². The van der Waals surface area contributed by atoms with Gasteiger partial charge < -0.3 is 10.2 Å². The van der Waals surface area contributed by atoms with Gasteiger partial charge in [0.1, 0.15) is 0 Å². The number of nitrogens with zero attached hydrogens (tertiary/aromatic N) is 3. The van der Waals surface area contributed by atoms with E-state index in [0.717, 1.165) is 40.3 Å². The summed E-state index contributed by atoms with van der Waals surface area (Å²) in [5.41, 5.74) is 5.47. The molecule has 6 heteroatoms. The molecule has 0 radical (unpaired) electrons. The Labute approximate surface area is 177 Å². The summed E-state index contributed by atoms with van der Waals surface area (Å²) >= 11 is 0. The molecule has 0 unspecified atom stereocenters. The Bertz CT molecular complexity index is 1040. The van der Waals surface area contributed by atoms with Crippen LogP contribution in [0.2, 0.25) is 0 Å². The van der Waals surface area contributed by atoms with Crippen LogP contribution in [0.3, 0.4) is 0 Å². The maximum absolute atomic E-state index is 12.8. The predicted molar refractivity (Wildman–Crippen MR) is 119 cm³/mol. The first-order valence-electron chi connectivity index (χ1n) is 10.1. The highest BCUT2D eigenvalue weighted by molar-refractivity contribution is 5.95. The van der Waals surface area contributed by atoms with Gasteiger partial charge >= 0.3 is 0 Å². The second kappa shape index (κ2) is 9.39. The summed E-state index contributed by atoms with van der Waals surface area (Å²) in [5, 5.41) is 7.51. The van der Waals surface area contributed by atoms with Crippen LogP contribution in [0.15, 0.2) is 54.6 Å². The van der Waals surface area contributed by atoms with Gasteiger partial charge in [0.05, 0.1) is 24.3 Å². The highest BCUT2D eigenvalue weighted by Crippen LogP contribution is 2.19. The number of hydrogen-bond donors (Lipinski definition) is 1. The van der Waals surface area contributed by atoms with E-state index in [1.807, 2.05) is 80.1 Å². The van der Waals surface area contributed by atoms with E-state index < -0.39 is 0 Å². The molecule has 0 aliphatic heterocycles. The number of para-hydroxylation sites is 2. The first-order chi connectivity index (χ1) is 14.4. The van der Waals surface area contributed by atoms with Crippen LogP contribution in [0.25, 0.3) is 5.69 Å². The molecule has 0 aliphatic carbocycles. The minimum absolute atomic E-state index is 0.00179. The number of likely N-dealkylation sites (N-methyl/N-ethyl adjacent to an activating group) is 1. The molecule has 3 aromatic rings. The van der Waals surface area contributed by atoms with Gasteiger partial charge in [0.15, 0.2) is 0 Å². The van der Waals surface area contributed by atoms with Gasteiger partial charge in [-0.2, -0.15) is 5.10 Å². The van der Waals surface area contributed by atoms with E-state index in [9.17, 15) is 9.59 Å². The van der Waals surface area contributed by atoms with Crippen LogP contribution in [0, 0.1) is 13.8 Å². The molecule has 0 saturated heterocycles. The summed E-state index contributed by atoms with van der Waals surface area (Å²) in [6.45, 7) is 5.91. The van der Waals surface area contributed by atoms with Gasteiger partial charge in [0.2, 0.25) is 11.8 Å². The summed E-state index contributed by atoms with van der Waals surface area (Å²) in [6, 6.07) is 17.5. The second-order valence-electron chi connectivity index (χ2n) is 7.38. The first-order valence-corrected chi connectivity index (χ1v) is 10.1. The van der Waals surface area contributed by atoms with Gasteiger partial charge in [0.25, 0.3) is 0 Å². The number of benzene rings is 2. The van der Waals surface area contributed by atoms with Gasteiger partial charge in [-0.15, -0.1) is 0 Å². The number of carbonyl (C=O) groups excluding carboxylic acids is 2. The van der Waals surface area contributed by atoms with Crippen molar-refractivity contribution in [2.24, 2.45) is 0 Å². The maximum Gasteiger partial charge on any atom is 0.243 e. The Morgan fingerprint density at radius 3 is 2.40 bits per heavy atom. The summed E-state index contributed by atoms with van der Waals surface area (Å²) in [6.07, 6.45) is 1.04. The molecule has 3 rings (SSSR count). The SMILES string of the molecule is CCc1ccccc1NC(=O)CN(C)C(=O)Cc1c(C)nn(-c2ccccc2)c1C. The molecule has 1 heterocycles. The van der Waals surface area contributed by atoms with E-state index in [1.54, 1.807) is 7.05 Å². The highest BCUT2D eigenvalue weighted by atomic mass is 16.2. The predicted octanol–water partition coefficient (Wildman–Crippen LogP) is 3.69. The molecule has 0 bridgehead atoms. The maximum atomic E-state index is 12.8. The monoisotopic (exact) mass is 404 g/mol. The third-order valence-electron chi connectivity index (χ3n) is 5.25. The highest BCUT2D eigenvalue weighted by Gasteiger charge is 2.19. The fourth-order valence-electron chi connectivity index (χ4n) is 3.48. The number of nitrogens with one attached hydrogen (secondary N) is 1. The van der Waals surface area contributed by atoms with Gasteiger partial charge in [-0.1, -0.05) is 43.3 Å². The average molecular weight is 405 g/mol. The number of aryl methyl sites for hydroxylation is 2. The third kappa shape index (κ3) is 4.76. The Hall–Kier alpha value is -3.41. The number of aromatic nitrogens is 2.